The first-order valence-corrected chi connectivity index (χ1v) is 31.7. The highest BCUT2D eigenvalue weighted by molar-refractivity contribution is 5.76. The van der Waals surface area contributed by atoms with Crippen LogP contribution >= 0.6 is 0 Å². The van der Waals surface area contributed by atoms with E-state index in [-0.39, 0.29) is 18.5 Å². The molecule has 0 rings (SSSR count). The molecule has 0 heterocycles. The maximum Gasteiger partial charge on any atom is 0.305 e. The Balaban J connectivity index is 3.43. The number of aliphatic hydroxyl groups is 2. The number of amides is 1. The smallest absolute Gasteiger partial charge is 0.305 e. The lowest BCUT2D eigenvalue weighted by atomic mass is 10.0. The molecule has 6 nitrogen and oxygen atoms in total. The van der Waals surface area contributed by atoms with E-state index in [1.165, 1.54) is 250 Å². The van der Waals surface area contributed by atoms with Crippen molar-refractivity contribution in [1.82, 2.24) is 5.32 Å². The van der Waals surface area contributed by atoms with Gasteiger partial charge in [0.05, 0.1) is 25.4 Å². The molecule has 0 fully saturated rings. The molecule has 2 unspecified atom stereocenters. The molecule has 0 saturated heterocycles. The summed E-state index contributed by atoms with van der Waals surface area (Å²) in [7, 11) is 0. The van der Waals surface area contributed by atoms with E-state index in [4.69, 9.17) is 4.74 Å². The maximum absolute atomic E-state index is 12.5. The monoisotopic (exact) mass is 998 g/mol. The number of nitrogens with one attached hydrogen (secondary N) is 1. The number of aliphatic hydroxyl groups excluding tert-OH is 2. The van der Waals surface area contributed by atoms with E-state index in [9.17, 15) is 19.8 Å². The Morgan fingerprint density at radius 2 is 0.704 bits per heavy atom. The van der Waals surface area contributed by atoms with Gasteiger partial charge in [0.25, 0.3) is 0 Å². The van der Waals surface area contributed by atoms with Gasteiger partial charge in [-0.15, -0.1) is 0 Å². The van der Waals surface area contributed by atoms with Gasteiger partial charge in [0.2, 0.25) is 5.91 Å². The van der Waals surface area contributed by atoms with Crippen LogP contribution in [-0.2, 0) is 14.3 Å². The van der Waals surface area contributed by atoms with Crippen molar-refractivity contribution in [2.45, 2.75) is 353 Å². The van der Waals surface area contributed by atoms with Crippen molar-refractivity contribution in [3.63, 3.8) is 0 Å². The molecule has 0 aromatic heterocycles. The molecular formula is C65H123NO5. The van der Waals surface area contributed by atoms with Gasteiger partial charge in [-0.05, 0) is 83.5 Å². The molecule has 0 bridgehead atoms. The average molecular weight is 999 g/mol. The van der Waals surface area contributed by atoms with Crippen LogP contribution in [0.15, 0.2) is 36.5 Å². The minimum absolute atomic E-state index is 0.00387. The van der Waals surface area contributed by atoms with Crippen molar-refractivity contribution in [2.24, 2.45) is 0 Å². The first-order chi connectivity index (χ1) is 35.0. The van der Waals surface area contributed by atoms with E-state index in [0.29, 0.717) is 25.9 Å². The highest BCUT2D eigenvalue weighted by Gasteiger charge is 2.20. The van der Waals surface area contributed by atoms with Crippen molar-refractivity contribution in [3.05, 3.63) is 36.5 Å². The fourth-order valence-corrected chi connectivity index (χ4v) is 9.78. The Labute approximate surface area is 443 Å². The maximum atomic E-state index is 12.5. The van der Waals surface area contributed by atoms with Crippen LogP contribution in [0.3, 0.4) is 0 Å². The summed E-state index contributed by atoms with van der Waals surface area (Å²) in [6.07, 6.45) is 75.8. The number of hydrogen-bond acceptors (Lipinski definition) is 5. The fourth-order valence-electron chi connectivity index (χ4n) is 9.78. The minimum atomic E-state index is -0.671. The van der Waals surface area contributed by atoms with Gasteiger partial charge < -0.3 is 20.3 Å². The molecule has 0 aromatic rings. The Morgan fingerprint density at radius 1 is 0.394 bits per heavy atom. The molecule has 0 aliphatic carbocycles. The van der Waals surface area contributed by atoms with Gasteiger partial charge in [0.15, 0.2) is 0 Å². The quantitative estimate of drug-likeness (QED) is 0.0321. The fraction of sp³-hybridized carbons (Fsp3) is 0.877. The molecule has 418 valence electrons. The van der Waals surface area contributed by atoms with Gasteiger partial charge >= 0.3 is 5.97 Å². The van der Waals surface area contributed by atoms with Crippen molar-refractivity contribution in [2.75, 3.05) is 13.2 Å². The number of hydrogen-bond donors (Lipinski definition) is 3. The number of carbonyl (C=O) groups is 2. The Kier molecular flexibility index (Phi) is 59.0. The summed E-state index contributed by atoms with van der Waals surface area (Å²) in [5.41, 5.74) is 0. The lowest BCUT2D eigenvalue weighted by Gasteiger charge is -2.22. The topological polar surface area (TPSA) is 95.9 Å². The van der Waals surface area contributed by atoms with E-state index in [2.05, 4.69) is 55.6 Å². The number of esters is 1. The van der Waals surface area contributed by atoms with Crippen molar-refractivity contribution >= 4 is 11.9 Å². The third-order valence-electron chi connectivity index (χ3n) is 14.7. The first kappa shape index (κ1) is 69.1. The van der Waals surface area contributed by atoms with Crippen molar-refractivity contribution in [1.29, 1.82) is 0 Å². The molecule has 6 heteroatoms. The van der Waals surface area contributed by atoms with Crippen LogP contribution < -0.4 is 5.32 Å². The highest BCUT2D eigenvalue weighted by atomic mass is 16.5. The van der Waals surface area contributed by atoms with Gasteiger partial charge in [-0.1, -0.05) is 281 Å². The van der Waals surface area contributed by atoms with E-state index in [1.54, 1.807) is 0 Å². The van der Waals surface area contributed by atoms with Crippen LogP contribution in [0.4, 0.5) is 0 Å². The van der Waals surface area contributed by atoms with Crippen LogP contribution in [-0.4, -0.2) is 47.4 Å². The third-order valence-corrected chi connectivity index (χ3v) is 14.7. The molecule has 0 aliphatic heterocycles. The molecule has 0 aromatic carbocycles. The van der Waals surface area contributed by atoms with Gasteiger partial charge in [0.1, 0.15) is 0 Å². The molecule has 0 saturated carbocycles. The second kappa shape index (κ2) is 60.6. The van der Waals surface area contributed by atoms with Crippen LogP contribution in [0.1, 0.15) is 341 Å². The second-order valence-corrected chi connectivity index (χ2v) is 21.7. The lowest BCUT2D eigenvalue weighted by Crippen LogP contribution is -2.45. The van der Waals surface area contributed by atoms with E-state index in [1.807, 2.05) is 0 Å². The van der Waals surface area contributed by atoms with Gasteiger partial charge in [-0.2, -0.15) is 0 Å². The zero-order valence-corrected chi connectivity index (χ0v) is 47.7. The van der Waals surface area contributed by atoms with Crippen LogP contribution in [0, 0.1) is 0 Å². The van der Waals surface area contributed by atoms with E-state index in [0.717, 1.165) is 57.8 Å². The van der Waals surface area contributed by atoms with Crippen LogP contribution in [0.5, 0.6) is 0 Å². The normalized spacial score (nSPS) is 12.8. The van der Waals surface area contributed by atoms with Crippen molar-refractivity contribution < 1.29 is 24.5 Å². The largest absolute Gasteiger partial charge is 0.466 e. The second-order valence-electron chi connectivity index (χ2n) is 21.7. The standard InChI is InChI=1S/C65H123NO5/c1-3-5-7-9-11-13-15-17-19-27-31-35-39-43-47-51-55-59-65(70)71-60-56-52-48-44-40-36-32-29-26-24-22-20-21-23-25-28-30-34-38-42-46-50-54-58-64(69)66-62(61-67)63(68)57-53-49-45-41-37-33-18-16-14-12-10-8-6-4-2/h17,19-20,22-23,25,62-63,67-68H,3-16,18,21,24,26-61H2,1-2H3,(H,66,69)/b19-17-,22-20-,25-23-. The first-order valence-electron chi connectivity index (χ1n) is 31.7. The predicted molar refractivity (Wildman–Crippen MR) is 310 cm³/mol. The van der Waals surface area contributed by atoms with Crippen LogP contribution in [0.25, 0.3) is 0 Å². The molecule has 71 heavy (non-hydrogen) atoms. The summed E-state index contributed by atoms with van der Waals surface area (Å²) in [6.45, 7) is 4.95. The Hall–Kier alpha value is -1.92. The van der Waals surface area contributed by atoms with Gasteiger partial charge in [-0.25, -0.2) is 0 Å². The summed E-state index contributed by atoms with van der Waals surface area (Å²) in [6, 6.07) is -0.549. The Morgan fingerprint density at radius 3 is 1.08 bits per heavy atom. The predicted octanol–water partition coefficient (Wildman–Crippen LogP) is 20.0. The molecule has 2 atom stereocenters. The summed E-state index contributed by atoms with van der Waals surface area (Å²) in [4.78, 5) is 24.6. The summed E-state index contributed by atoms with van der Waals surface area (Å²) < 4.78 is 5.49. The number of allylic oxidation sites excluding steroid dienone is 6. The molecule has 0 aliphatic rings. The highest BCUT2D eigenvalue weighted by Crippen LogP contribution is 2.17. The molecule has 1 amide bonds. The average Bonchev–Trinajstić information content (AvgIpc) is 3.37. The Bertz CT molecular complexity index is 1150. The van der Waals surface area contributed by atoms with Crippen LogP contribution in [0.2, 0.25) is 0 Å². The SMILES string of the molecule is CCCCCCCC/C=C\CCCCCCCCCC(=O)OCCCCCCCCCCC/C=C\C/C=C\CCCCCCCCCC(=O)NC(CO)C(O)CCCCCCCCCCCCCCCC. The van der Waals surface area contributed by atoms with E-state index >= 15 is 0 Å². The van der Waals surface area contributed by atoms with E-state index < -0.39 is 12.1 Å². The number of ether oxygens (including phenoxy) is 1. The summed E-state index contributed by atoms with van der Waals surface area (Å²) >= 11 is 0. The minimum Gasteiger partial charge on any atom is -0.466 e. The molecule has 0 spiro atoms. The molecular weight excluding hydrogens is 875 g/mol. The summed E-state index contributed by atoms with van der Waals surface area (Å²) in [5.74, 6) is -0.0406. The zero-order chi connectivity index (χ0) is 51.4. The van der Waals surface area contributed by atoms with Gasteiger partial charge in [0, 0.05) is 12.8 Å². The lowest BCUT2D eigenvalue weighted by molar-refractivity contribution is -0.143. The van der Waals surface area contributed by atoms with Gasteiger partial charge in [-0.3, -0.25) is 9.59 Å². The van der Waals surface area contributed by atoms with Crippen molar-refractivity contribution in [3.8, 4) is 0 Å². The molecule has 0 radical (unpaired) electrons. The summed E-state index contributed by atoms with van der Waals surface area (Å²) in [5, 5.41) is 23.3. The third kappa shape index (κ3) is 57.2. The zero-order valence-electron chi connectivity index (χ0n) is 47.7. The number of unbranched alkanes of at least 4 members (excludes halogenated alkanes) is 42. The molecule has 3 N–H and O–H groups in total. The number of rotatable bonds is 59. The number of carbonyl (C=O) groups excluding carboxylic acids is 2.